The van der Waals surface area contributed by atoms with Crippen molar-refractivity contribution < 1.29 is 9.59 Å². The maximum Gasteiger partial charge on any atom is 0.274 e. The van der Waals surface area contributed by atoms with Crippen LogP contribution in [0.3, 0.4) is 0 Å². The second kappa shape index (κ2) is 8.33. The average molecular weight is 511 g/mol. The summed E-state index contributed by atoms with van der Waals surface area (Å²) in [6.07, 6.45) is 1.91. The van der Waals surface area contributed by atoms with Gasteiger partial charge in [0.25, 0.3) is 11.8 Å². The molecule has 2 heterocycles. The van der Waals surface area contributed by atoms with Crippen molar-refractivity contribution in [2.24, 2.45) is 5.92 Å². The van der Waals surface area contributed by atoms with E-state index in [2.05, 4.69) is 26.2 Å². The Morgan fingerprint density at radius 1 is 1.22 bits per heavy atom. The number of aryl methyl sites for hydroxylation is 1. The summed E-state index contributed by atoms with van der Waals surface area (Å²) in [7, 11) is 0. The molecule has 1 saturated heterocycles. The number of nitrogens with zero attached hydrogens (tertiary/aromatic N) is 2. The molecule has 5 rings (SSSR count). The summed E-state index contributed by atoms with van der Waals surface area (Å²) in [5.74, 6) is 0.268. The molecule has 164 valence electrons. The Balaban J connectivity index is 1.36. The SMILES string of the molecule is Cc1cccc(-c2sc(N)nc2C(=O)N2[C@H](CNC(=O)c3cccc(Br)c3)C[C@H]3C[C@@H]32)c1. The predicted octanol–water partition coefficient (Wildman–Crippen LogP) is 4.50. The highest BCUT2D eigenvalue weighted by atomic mass is 79.9. The summed E-state index contributed by atoms with van der Waals surface area (Å²) in [6.45, 7) is 2.44. The Labute approximate surface area is 199 Å². The number of likely N-dealkylation sites (tertiary alicyclic amines) is 1. The summed E-state index contributed by atoms with van der Waals surface area (Å²) in [6, 6.07) is 15.5. The number of aromatic nitrogens is 1. The summed E-state index contributed by atoms with van der Waals surface area (Å²) in [5.41, 5.74) is 9.09. The maximum atomic E-state index is 13.6. The van der Waals surface area contributed by atoms with Crippen LogP contribution in [0.1, 0.15) is 39.3 Å². The van der Waals surface area contributed by atoms with Crippen LogP contribution in [0.15, 0.2) is 53.0 Å². The van der Waals surface area contributed by atoms with Crippen LogP contribution in [0, 0.1) is 12.8 Å². The van der Waals surface area contributed by atoms with E-state index in [4.69, 9.17) is 5.73 Å². The van der Waals surface area contributed by atoms with Crippen LogP contribution >= 0.6 is 27.3 Å². The van der Waals surface area contributed by atoms with Crippen molar-refractivity contribution in [2.75, 3.05) is 12.3 Å². The summed E-state index contributed by atoms with van der Waals surface area (Å²) >= 11 is 4.74. The number of thiazole rings is 1. The van der Waals surface area contributed by atoms with Gasteiger partial charge in [-0.1, -0.05) is 63.2 Å². The van der Waals surface area contributed by atoms with Crippen molar-refractivity contribution in [1.29, 1.82) is 0 Å². The molecule has 2 aliphatic rings. The molecule has 2 fully saturated rings. The van der Waals surface area contributed by atoms with E-state index in [1.54, 1.807) is 12.1 Å². The highest BCUT2D eigenvalue weighted by Crippen LogP contribution is 2.49. The molecule has 0 unspecified atom stereocenters. The summed E-state index contributed by atoms with van der Waals surface area (Å²) in [5, 5.41) is 3.39. The molecule has 32 heavy (non-hydrogen) atoms. The number of piperidine rings is 1. The van der Waals surface area contributed by atoms with Crippen LogP contribution in [0.4, 0.5) is 5.13 Å². The van der Waals surface area contributed by atoms with Crippen LogP contribution in [0.2, 0.25) is 0 Å². The molecule has 2 amide bonds. The molecular formula is C24H23BrN4O2S. The largest absolute Gasteiger partial charge is 0.375 e. The summed E-state index contributed by atoms with van der Waals surface area (Å²) in [4.78, 5) is 33.4. The Morgan fingerprint density at radius 2 is 2.03 bits per heavy atom. The maximum absolute atomic E-state index is 13.6. The number of fused-ring (bicyclic) bond motifs is 1. The smallest absolute Gasteiger partial charge is 0.274 e. The molecule has 3 aromatic rings. The van der Waals surface area contributed by atoms with Gasteiger partial charge in [0, 0.05) is 22.6 Å². The minimum absolute atomic E-state index is 0.0457. The Bertz CT molecular complexity index is 1210. The number of nitrogens with two attached hydrogens (primary N) is 1. The van der Waals surface area contributed by atoms with E-state index < -0.39 is 0 Å². The topological polar surface area (TPSA) is 88.3 Å². The first-order valence-corrected chi connectivity index (χ1v) is 12.2. The molecule has 0 radical (unpaired) electrons. The van der Waals surface area contributed by atoms with Gasteiger partial charge in [0.05, 0.1) is 10.9 Å². The monoisotopic (exact) mass is 510 g/mol. The number of carbonyl (C=O) groups is 2. The van der Waals surface area contributed by atoms with Gasteiger partial charge in [0.15, 0.2) is 5.13 Å². The van der Waals surface area contributed by atoms with Gasteiger partial charge in [-0.05, 0) is 49.4 Å². The number of hydrogen-bond acceptors (Lipinski definition) is 5. The van der Waals surface area contributed by atoms with Crippen molar-refractivity contribution in [3.63, 3.8) is 0 Å². The quantitative estimate of drug-likeness (QED) is 0.528. The number of nitrogen functional groups attached to an aromatic ring is 1. The van der Waals surface area contributed by atoms with Crippen LogP contribution in [-0.4, -0.2) is 40.3 Å². The van der Waals surface area contributed by atoms with E-state index in [0.29, 0.717) is 28.9 Å². The van der Waals surface area contributed by atoms with Gasteiger partial charge in [-0.25, -0.2) is 4.98 Å². The van der Waals surface area contributed by atoms with Gasteiger partial charge in [-0.3, -0.25) is 9.59 Å². The van der Waals surface area contributed by atoms with Crippen molar-refractivity contribution in [1.82, 2.24) is 15.2 Å². The minimum Gasteiger partial charge on any atom is -0.375 e. The van der Waals surface area contributed by atoms with Gasteiger partial charge in [-0.15, -0.1) is 0 Å². The van der Waals surface area contributed by atoms with Crippen molar-refractivity contribution >= 4 is 44.2 Å². The van der Waals surface area contributed by atoms with Gasteiger partial charge in [-0.2, -0.15) is 0 Å². The highest BCUT2D eigenvalue weighted by Gasteiger charge is 2.54. The number of nitrogens with one attached hydrogen (secondary N) is 1. The lowest BCUT2D eigenvalue weighted by molar-refractivity contribution is 0.0685. The Hall–Kier alpha value is -2.71. The number of benzene rings is 2. The Morgan fingerprint density at radius 3 is 2.81 bits per heavy atom. The van der Waals surface area contributed by atoms with Gasteiger partial charge in [0.2, 0.25) is 0 Å². The first-order chi connectivity index (χ1) is 15.4. The molecule has 1 aliphatic carbocycles. The predicted molar refractivity (Wildman–Crippen MR) is 130 cm³/mol. The zero-order valence-electron chi connectivity index (χ0n) is 17.5. The third kappa shape index (κ3) is 4.04. The number of hydrogen-bond donors (Lipinski definition) is 2. The van der Waals surface area contributed by atoms with E-state index in [0.717, 1.165) is 33.3 Å². The van der Waals surface area contributed by atoms with Crippen LogP contribution in [0.5, 0.6) is 0 Å². The molecule has 8 heteroatoms. The van der Waals surface area contributed by atoms with Crippen LogP contribution in [0.25, 0.3) is 10.4 Å². The number of amides is 2. The van der Waals surface area contributed by atoms with Crippen molar-refractivity contribution in [3.05, 3.63) is 69.8 Å². The molecule has 2 aromatic carbocycles. The third-order valence-corrected chi connectivity index (χ3v) is 7.58. The highest BCUT2D eigenvalue weighted by molar-refractivity contribution is 9.10. The number of anilines is 1. The van der Waals surface area contributed by atoms with Crippen molar-refractivity contribution in [2.45, 2.75) is 31.8 Å². The fourth-order valence-corrected chi connectivity index (χ4v) is 5.81. The van der Waals surface area contributed by atoms with Crippen LogP contribution < -0.4 is 11.1 Å². The standard InChI is InChI=1S/C24H23BrN4O2S/c1-13-4-2-5-14(8-13)21-20(28-24(26)32-21)23(31)29-18(10-16-11-19(16)29)12-27-22(30)15-6-3-7-17(25)9-15/h2-9,16,18-19H,10-12H2,1H3,(H2,26,28)(H,27,30)/t16-,18-,19-/m0/s1. The fourth-order valence-electron chi connectivity index (χ4n) is 4.59. The number of carbonyl (C=O) groups excluding carboxylic acids is 2. The Kier molecular flexibility index (Phi) is 5.51. The molecule has 0 bridgehead atoms. The second-order valence-corrected chi connectivity index (χ2v) is 10.4. The molecular weight excluding hydrogens is 488 g/mol. The van der Waals surface area contributed by atoms with Crippen LogP contribution in [-0.2, 0) is 0 Å². The molecule has 1 saturated carbocycles. The zero-order valence-corrected chi connectivity index (χ0v) is 19.9. The van der Waals surface area contributed by atoms with Gasteiger partial charge in [0.1, 0.15) is 5.69 Å². The molecule has 3 N–H and O–H groups in total. The first kappa shape index (κ1) is 21.2. The normalized spacial score (nSPS) is 21.3. The first-order valence-electron chi connectivity index (χ1n) is 10.6. The van der Waals surface area contributed by atoms with E-state index in [1.165, 1.54) is 11.3 Å². The third-order valence-electron chi connectivity index (χ3n) is 6.16. The van der Waals surface area contributed by atoms with E-state index in [9.17, 15) is 9.59 Å². The fraction of sp³-hybridized carbons (Fsp3) is 0.292. The number of rotatable bonds is 5. The van der Waals surface area contributed by atoms with Crippen molar-refractivity contribution in [3.8, 4) is 10.4 Å². The van der Waals surface area contributed by atoms with Gasteiger partial charge >= 0.3 is 0 Å². The number of halogens is 1. The molecule has 1 aromatic heterocycles. The zero-order chi connectivity index (χ0) is 22.4. The molecule has 0 spiro atoms. The van der Waals surface area contributed by atoms with E-state index in [1.807, 2.05) is 48.2 Å². The molecule has 6 nitrogen and oxygen atoms in total. The minimum atomic E-state index is -0.141. The lowest BCUT2D eigenvalue weighted by atomic mass is 10.1. The lowest BCUT2D eigenvalue weighted by Gasteiger charge is -2.27. The lowest BCUT2D eigenvalue weighted by Crippen LogP contribution is -2.45. The van der Waals surface area contributed by atoms with E-state index in [-0.39, 0.29) is 23.9 Å². The average Bonchev–Trinajstić information content (AvgIpc) is 3.26. The van der Waals surface area contributed by atoms with E-state index >= 15 is 0 Å². The van der Waals surface area contributed by atoms with Gasteiger partial charge < -0.3 is 16.0 Å². The summed E-state index contributed by atoms with van der Waals surface area (Å²) < 4.78 is 0.855. The molecule has 1 aliphatic heterocycles. The second-order valence-electron chi connectivity index (χ2n) is 8.48. The molecule has 3 atom stereocenters.